The number of rotatable bonds is 4. The lowest BCUT2D eigenvalue weighted by Crippen LogP contribution is -2.36. The zero-order chi connectivity index (χ0) is 16.6. The van der Waals surface area contributed by atoms with Gasteiger partial charge in [-0.3, -0.25) is 15.0 Å². The Balaban J connectivity index is 1.98. The van der Waals surface area contributed by atoms with Gasteiger partial charge in [0.1, 0.15) is 17.7 Å². The highest BCUT2D eigenvalue weighted by Crippen LogP contribution is 2.35. The SMILES string of the molecule is CCOc1ccccc1N1C(=O)C2NN=C(C(=O)OC)C2C1=O. The lowest BCUT2D eigenvalue weighted by molar-refractivity contribution is -0.133. The van der Waals surface area contributed by atoms with Crippen molar-refractivity contribution in [2.75, 3.05) is 18.6 Å². The number of amides is 2. The Morgan fingerprint density at radius 2 is 2.04 bits per heavy atom. The van der Waals surface area contributed by atoms with E-state index in [1.165, 1.54) is 7.11 Å². The smallest absolute Gasteiger partial charge is 0.355 e. The van der Waals surface area contributed by atoms with Crippen LogP contribution >= 0.6 is 0 Å². The molecule has 1 saturated heterocycles. The van der Waals surface area contributed by atoms with Crippen LogP contribution < -0.4 is 15.1 Å². The predicted octanol–water partition coefficient (Wildman–Crippen LogP) is 0.0755. The van der Waals surface area contributed by atoms with Gasteiger partial charge < -0.3 is 9.47 Å². The minimum Gasteiger partial charge on any atom is -0.492 e. The molecular formula is C15H15N3O5. The molecule has 3 rings (SSSR count). The molecule has 2 aliphatic rings. The second kappa shape index (κ2) is 5.71. The summed E-state index contributed by atoms with van der Waals surface area (Å²) in [5, 5.41) is 3.77. The maximum Gasteiger partial charge on any atom is 0.355 e. The van der Waals surface area contributed by atoms with Crippen LogP contribution in [0.2, 0.25) is 0 Å². The number of hydrogen-bond donors (Lipinski definition) is 1. The van der Waals surface area contributed by atoms with E-state index in [-0.39, 0.29) is 5.71 Å². The maximum atomic E-state index is 12.7. The van der Waals surface area contributed by atoms with Gasteiger partial charge in [-0.2, -0.15) is 5.10 Å². The Bertz CT molecular complexity index is 715. The number of ether oxygens (including phenoxy) is 2. The summed E-state index contributed by atoms with van der Waals surface area (Å²) in [5.41, 5.74) is 2.81. The summed E-state index contributed by atoms with van der Waals surface area (Å²) < 4.78 is 10.1. The van der Waals surface area contributed by atoms with Gasteiger partial charge in [-0.1, -0.05) is 12.1 Å². The fraction of sp³-hybridized carbons (Fsp3) is 0.333. The zero-order valence-corrected chi connectivity index (χ0v) is 12.6. The molecule has 0 spiro atoms. The van der Waals surface area contributed by atoms with Gasteiger partial charge in [0.15, 0.2) is 5.71 Å². The lowest BCUT2D eigenvalue weighted by atomic mass is 9.99. The number of methoxy groups -OCH3 is 1. The normalized spacial score (nSPS) is 22.5. The second-order valence-electron chi connectivity index (χ2n) is 4.99. The van der Waals surface area contributed by atoms with Crippen molar-refractivity contribution in [3.8, 4) is 5.75 Å². The van der Waals surface area contributed by atoms with Gasteiger partial charge in [-0.15, -0.1) is 0 Å². The number of anilines is 1. The molecule has 1 aromatic carbocycles. The topological polar surface area (TPSA) is 97.3 Å². The molecule has 2 unspecified atom stereocenters. The number of fused-ring (bicyclic) bond motifs is 1. The molecule has 23 heavy (non-hydrogen) atoms. The number of benzene rings is 1. The molecule has 0 radical (unpaired) electrons. The Morgan fingerprint density at radius 1 is 1.30 bits per heavy atom. The standard InChI is InChI=1S/C15H15N3O5/c1-3-23-9-7-5-4-6-8(9)18-13(19)10-11(14(18)20)16-17-12(10)15(21)22-2/h4-7,10-11,16H,3H2,1-2H3. The van der Waals surface area contributed by atoms with Crippen molar-refractivity contribution in [2.24, 2.45) is 11.0 Å². The highest BCUT2D eigenvalue weighted by Gasteiger charge is 2.56. The molecule has 1 aromatic rings. The van der Waals surface area contributed by atoms with E-state index in [1.54, 1.807) is 24.3 Å². The largest absolute Gasteiger partial charge is 0.492 e. The average Bonchev–Trinajstić information content (AvgIpc) is 3.09. The molecule has 120 valence electrons. The third kappa shape index (κ3) is 2.23. The summed E-state index contributed by atoms with van der Waals surface area (Å²) in [4.78, 5) is 38.0. The fourth-order valence-electron chi connectivity index (χ4n) is 2.72. The first-order valence-corrected chi connectivity index (χ1v) is 7.11. The van der Waals surface area contributed by atoms with E-state index in [4.69, 9.17) is 4.74 Å². The molecule has 8 nitrogen and oxygen atoms in total. The van der Waals surface area contributed by atoms with Crippen LogP contribution in [0.4, 0.5) is 5.69 Å². The highest BCUT2D eigenvalue weighted by atomic mass is 16.5. The van der Waals surface area contributed by atoms with E-state index in [2.05, 4.69) is 15.3 Å². The number of carbonyl (C=O) groups is 3. The molecule has 8 heteroatoms. The van der Waals surface area contributed by atoms with Crippen molar-refractivity contribution < 1.29 is 23.9 Å². The number of hydrazone groups is 1. The molecular weight excluding hydrogens is 302 g/mol. The third-order valence-corrected chi connectivity index (χ3v) is 3.73. The number of carbonyl (C=O) groups excluding carboxylic acids is 3. The molecule has 0 bridgehead atoms. The molecule has 2 amide bonds. The van der Waals surface area contributed by atoms with E-state index in [1.807, 2.05) is 6.92 Å². The Kier molecular flexibility index (Phi) is 3.73. The predicted molar refractivity (Wildman–Crippen MR) is 80.0 cm³/mol. The summed E-state index contributed by atoms with van der Waals surface area (Å²) in [5.74, 6) is -2.29. The van der Waals surface area contributed by atoms with E-state index < -0.39 is 29.7 Å². The number of para-hydroxylation sites is 2. The van der Waals surface area contributed by atoms with Crippen LogP contribution in [0.5, 0.6) is 5.75 Å². The lowest BCUT2D eigenvalue weighted by Gasteiger charge is -2.19. The minimum atomic E-state index is -0.982. The summed E-state index contributed by atoms with van der Waals surface area (Å²) in [6.45, 7) is 2.20. The van der Waals surface area contributed by atoms with E-state index in [9.17, 15) is 14.4 Å². The quantitative estimate of drug-likeness (QED) is 0.624. The van der Waals surface area contributed by atoms with Crippen LogP contribution in [0.25, 0.3) is 0 Å². The van der Waals surface area contributed by atoms with Gasteiger partial charge in [0.25, 0.3) is 5.91 Å². The van der Waals surface area contributed by atoms with E-state index in [0.717, 1.165) is 4.90 Å². The summed E-state index contributed by atoms with van der Waals surface area (Å²) in [6.07, 6.45) is 0. The Morgan fingerprint density at radius 3 is 2.74 bits per heavy atom. The molecule has 0 saturated carbocycles. The molecule has 1 N–H and O–H groups in total. The van der Waals surface area contributed by atoms with Gasteiger partial charge in [-0.05, 0) is 19.1 Å². The van der Waals surface area contributed by atoms with Gasteiger partial charge in [0.05, 0.1) is 19.4 Å². The molecule has 2 aliphatic heterocycles. The first-order chi connectivity index (χ1) is 11.1. The van der Waals surface area contributed by atoms with Crippen molar-refractivity contribution in [3.05, 3.63) is 24.3 Å². The number of hydrogen-bond acceptors (Lipinski definition) is 7. The van der Waals surface area contributed by atoms with Crippen molar-refractivity contribution in [1.29, 1.82) is 0 Å². The molecule has 0 aliphatic carbocycles. The maximum absolute atomic E-state index is 12.7. The Labute approximate surface area is 132 Å². The van der Waals surface area contributed by atoms with Crippen LogP contribution in [-0.4, -0.2) is 43.3 Å². The van der Waals surface area contributed by atoms with E-state index in [0.29, 0.717) is 18.0 Å². The molecule has 1 fully saturated rings. The monoisotopic (exact) mass is 317 g/mol. The molecule has 0 aromatic heterocycles. The van der Waals surface area contributed by atoms with Crippen LogP contribution in [0.3, 0.4) is 0 Å². The van der Waals surface area contributed by atoms with Crippen molar-refractivity contribution in [1.82, 2.24) is 5.43 Å². The minimum absolute atomic E-state index is 0.0905. The number of nitrogens with zero attached hydrogens (tertiary/aromatic N) is 2. The third-order valence-electron chi connectivity index (χ3n) is 3.73. The second-order valence-corrected chi connectivity index (χ2v) is 4.99. The van der Waals surface area contributed by atoms with Gasteiger partial charge >= 0.3 is 5.97 Å². The number of imide groups is 1. The van der Waals surface area contributed by atoms with Crippen LogP contribution in [-0.2, 0) is 19.1 Å². The highest BCUT2D eigenvalue weighted by molar-refractivity contribution is 6.46. The summed E-state index contributed by atoms with van der Waals surface area (Å²) >= 11 is 0. The Hall–Kier alpha value is -2.90. The van der Waals surface area contributed by atoms with Crippen LogP contribution in [0, 0.1) is 5.92 Å². The van der Waals surface area contributed by atoms with Gasteiger partial charge in [0.2, 0.25) is 5.91 Å². The zero-order valence-electron chi connectivity index (χ0n) is 12.6. The average molecular weight is 317 g/mol. The number of nitrogens with one attached hydrogen (secondary N) is 1. The van der Waals surface area contributed by atoms with Crippen molar-refractivity contribution >= 4 is 29.2 Å². The fourth-order valence-corrected chi connectivity index (χ4v) is 2.72. The first kappa shape index (κ1) is 15.0. The number of esters is 1. The summed E-state index contributed by atoms with van der Waals surface area (Å²) in [6, 6.07) is 5.86. The molecule has 2 heterocycles. The van der Waals surface area contributed by atoms with Gasteiger partial charge in [0, 0.05) is 0 Å². The first-order valence-electron chi connectivity index (χ1n) is 7.11. The van der Waals surface area contributed by atoms with E-state index >= 15 is 0 Å². The van der Waals surface area contributed by atoms with Gasteiger partial charge in [-0.25, -0.2) is 9.69 Å². The van der Waals surface area contributed by atoms with Crippen molar-refractivity contribution in [2.45, 2.75) is 13.0 Å². The summed E-state index contributed by atoms with van der Waals surface area (Å²) in [7, 11) is 1.20. The van der Waals surface area contributed by atoms with Crippen molar-refractivity contribution in [3.63, 3.8) is 0 Å². The van der Waals surface area contributed by atoms with Crippen LogP contribution in [0.15, 0.2) is 29.4 Å². The molecule has 2 atom stereocenters. The van der Waals surface area contributed by atoms with Crippen LogP contribution in [0.1, 0.15) is 6.92 Å².